The van der Waals surface area contributed by atoms with Crippen molar-refractivity contribution in [2.24, 2.45) is 0 Å². The molecule has 0 aliphatic heterocycles. The van der Waals surface area contributed by atoms with Crippen LogP contribution >= 0.6 is 0 Å². The average Bonchev–Trinajstić information content (AvgIpc) is 2.90. The van der Waals surface area contributed by atoms with E-state index in [9.17, 15) is 13.2 Å². The zero-order valence-electron chi connectivity index (χ0n) is 20.6. The van der Waals surface area contributed by atoms with E-state index in [1.165, 1.54) is 12.1 Å². The van der Waals surface area contributed by atoms with Gasteiger partial charge in [-0.3, -0.25) is 9.52 Å². The molecule has 8 heteroatoms. The van der Waals surface area contributed by atoms with Gasteiger partial charge < -0.3 is 14.8 Å². The SMILES string of the molecule is Cc1cccc(C)c1NS(=O)(=O)c1ccc(NC(=O)c2ccccc2OCCOc2ccccc2)cc1. The molecule has 0 aromatic heterocycles. The summed E-state index contributed by atoms with van der Waals surface area (Å²) in [7, 11) is -3.79. The number of sulfonamides is 1. The first-order valence-electron chi connectivity index (χ1n) is 11.7. The summed E-state index contributed by atoms with van der Waals surface area (Å²) in [4.78, 5) is 13.0. The summed E-state index contributed by atoms with van der Waals surface area (Å²) >= 11 is 0. The number of carbonyl (C=O) groups is 1. The van der Waals surface area contributed by atoms with Crippen LogP contribution in [-0.4, -0.2) is 27.5 Å². The van der Waals surface area contributed by atoms with Crippen LogP contribution in [0.15, 0.2) is 102 Å². The third-order valence-corrected chi connectivity index (χ3v) is 6.99. The van der Waals surface area contributed by atoms with E-state index in [0.29, 0.717) is 29.3 Å². The van der Waals surface area contributed by atoms with Crippen molar-refractivity contribution in [2.45, 2.75) is 18.7 Å². The van der Waals surface area contributed by atoms with Crippen molar-refractivity contribution in [3.05, 3.63) is 114 Å². The van der Waals surface area contributed by atoms with E-state index in [0.717, 1.165) is 16.9 Å². The number of carbonyl (C=O) groups excluding carboxylic acids is 1. The third-order valence-electron chi connectivity index (χ3n) is 5.62. The zero-order chi connectivity index (χ0) is 26.3. The molecular weight excluding hydrogens is 488 g/mol. The number of nitrogens with one attached hydrogen (secondary N) is 2. The Balaban J connectivity index is 1.38. The molecule has 4 aromatic rings. The molecule has 1 amide bonds. The van der Waals surface area contributed by atoms with Gasteiger partial charge in [0.25, 0.3) is 15.9 Å². The van der Waals surface area contributed by atoms with Crippen molar-refractivity contribution in [1.29, 1.82) is 0 Å². The van der Waals surface area contributed by atoms with Gasteiger partial charge in [0.1, 0.15) is 24.7 Å². The Morgan fingerprint density at radius 1 is 0.730 bits per heavy atom. The molecular formula is C29H28N2O5S. The smallest absolute Gasteiger partial charge is 0.261 e. The summed E-state index contributed by atoms with van der Waals surface area (Å²) in [6, 6.07) is 27.9. The number of anilines is 2. The fourth-order valence-corrected chi connectivity index (χ4v) is 4.90. The molecule has 4 rings (SSSR count). The van der Waals surface area contributed by atoms with E-state index in [2.05, 4.69) is 10.0 Å². The predicted octanol–water partition coefficient (Wildman–Crippen LogP) is 5.81. The highest BCUT2D eigenvalue weighted by Gasteiger charge is 2.17. The first-order chi connectivity index (χ1) is 17.8. The fraction of sp³-hybridized carbons (Fsp3) is 0.138. The minimum Gasteiger partial charge on any atom is -0.490 e. The molecule has 0 spiro atoms. The van der Waals surface area contributed by atoms with Crippen LogP contribution < -0.4 is 19.5 Å². The Kier molecular flexibility index (Phi) is 8.10. The van der Waals surface area contributed by atoms with Gasteiger partial charge in [-0.25, -0.2) is 8.42 Å². The van der Waals surface area contributed by atoms with E-state index in [4.69, 9.17) is 9.47 Å². The van der Waals surface area contributed by atoms with Crippen molar-refractivity contribution in [2.75, 3.05) is 23.3 Å². The molecule has 0 atom stereocenters. The van der Waals surface area contributed by atoms with Crippen LogP contribution in [0.5, 0.6) is 11.5 Å². The highest BCUT2D eigenvalue weighted by Crippen LogP contribution is 2.25. The minimum atomic E-state index is -3.79. The molecule has 0 bridgehead atoms. The molecule has 0 heterocycles. The van der Waals surface area contributed by atoms with Gasteiger partial charge >= 0.3 is 0 Å². The fourth-order valence-electron chi connectivity index (χ4n) is 3.69. The normalized spacial score (nSPS) is 11.0. The van der Waals surface area contributed by atoms with E-state index in [1.807, 2.05) is 62.4 Å². The second-order valence-corrected chi connectivity index (χ2v) is 10.0. The van der Waals surface area contributed by atoms with Crippen molar-refractivity contribution in [3.63, 3.8) is 0 Å². The number of hydrogen-bond donors (Lipinski definition) is 2. The largest absolute Gasteiger partial charge is 0.490 e. The van der Waals surface area contributed by atoms with E-state index in [1.54, 1.807) is 36.4 Å². The Morgan fingerprint density at radius 3 is 2.05 bits per heavy atom. The Morgan fingerprint density at radius 2 is 1.35 bits per heavy atom. The minimum absolute atomic E-state index is 0.0929. The van der Waals surface area contributed by atoms with Crippen molar-refractivity contribution >= 4 is 27.3 Å². The first kappa shape index (κ1) is 25.8. The van der Waals surface area contributed by atoms with Crippen LogP contribution in [0.1, 0.15) is 21.5 Å². The number of para-hydroxylation sites is 3. The number of amides is 1. The number of benzene rings is 4. The second kappa shape index (κ2) is 11.6. The van der Waals surface area contributed by atoms with Crippen molar-refractivity contribution < 1.29 is 22.7 Å². The molecule has 0 radical (unpaired) electrons. The molecule has 0 saturated carbocycles. The molecule has 4 aromatic carbocycles. The molecule has 0 fully saturated rings. The van der Waals surface area contributed by atoms with Crippen LogP contribution in [0.4, 0.5) is 11.4 Å². The maximum atomic E-state index is 12.9. The summed E-state index contributed by atoms with van der Waals surface area (Å²) in [5.41, 5.74) is 3.04. The van der Waals surface area contributed by atoms with Crippen molar-refractivity contribution in [3.8, 4) is 11.5 Å². The monoisotopic (exact) mass is 516 g/mol. The van der Waals surface area contributed by atoms with Crippen LogP contribution in [0.3, 0.4) is 0 Å². The number of aryl methyl sites for hydroxylation is 2. The summed E-state index contributed by atoms with van der Waals surface area (Å²) in [5.74, 6) is 0.796. The summed E-state index contributed by atoms with van der Waals surface area (Å²) < 4.78 is 39.9. The van der Waals surface area contributed by atoms with Crippen LogP contribution in [0.2, 0.25) is 0 Å². The molecule has 190 valence electrons. The van der Waals surface area contributed by atoms with Gasteiger partial charge in [-0.1, -0.05) is 48.5 Å². The van der Waals surface area contributed by atoms with Gasteiger partial charge in [-0.2, -0.15) is 0 Å². The summed E-state index contributed by atoms with van der Waals surface area (Å²) in [6.07, 6.45) is 0. The molecule has 2 N–H and O–H groups in total. The zero-order valence-corrected chi connectivity index (χ0v) is 21.4. The highest BCUT2D eigenvalue weighted by atomic mass is 32.2. The molecule has 0 saturated heterocycles. The maximum absolute atomic E-state index is 12.9. The number of rotatable bonds is 10. The van der Waals surface area contributed by atoms with Gasteiger partial charge in [0.05, 0.1) is 16.1 Å². The Labute approximate surface area is 217 Å². The molecule has 37 heavy (non-hydrogen) atoms. The van der Waals surface area contributed by atoms with Gasteiger partial charge in [0.15, 0.2) is 0 Å². The highest BCUT2D eigenvalue weighted by molar-refractivity contribution is 7.92. The molecule has 0 aliphatic rings. The van der Waals surface area contributed by atoms with Gasteiger partial charge in [0.2, 0.25) is 0 Å². The lowest BCUT2D eigenvalue weighted by Gasteiger charge is -2.14. The maximum Gasteiger partial charge on any atom is 0.261 e. The second-order valence-electron chi connectivity index (χ2n) is 8.36. The lowest BCUT2D eigenvalue weighted by atomic mass is 10.1. The quantitative estimate of drug-likeness (QED) is 0.259. The molecule has 7 nitrogen and oxygen atoms in total. The first-order valence-corrected chi connectivity index (χ1v) is 13.2. The van der Waals surface area contributed by atoms with Crippen LogP contribution in [-0.2, 0) is 10.0 Å². The van der Waals surface area contributed by atoms with Crippen molar-refractivity contribution in [1.82, 2.24) is 0 Å². The topological polar surface area (TPSA) is 93.7 Å². The summed E-state index contributed by atoms with van der Waals surface area (Å²) in [5, 5.41) is 2.80. The van der Waals surface area contributed by atoms with Gasteiger partial charge in [-0.15, -0.1) is 0 Å². The average molecular weight is 517 g/mol. The van der Waals surface area contributed by atoms with E-state index >= 15 is 0 Å². The lowest BCUT2D eigenvalue weighted by Crippen LogP contribution is -2.16. The van der Waals surface area contributed by atoms with E-state index in [-0.39, 0.29) is 17.4 Å². The Bertz CT molecular complexity index is 1450. The Hall–Kier alpha value is -4.30. The van der Waals surface area contributed by atoms with Crippen LogP contribution in [0, 0.1) is 13.8 Å². The predicted molar refractivity (Wildman–Crippen MR) is 145 cm³/mol. The van der Waals surface area contributed by atoms with Crippen LogP contribution in [0.25, 0.3) is 0 Å². The van der Waals surface area contributed by atoms with E-state index < -0.39 is 10.0 Å². The van der Waals surface area contributed by atoms with Gasteiger partial charge in [-0.05, 0) is 73.5 Å². The lowest BCUT2D eigenvalue weighted by molar-refractivity contribution is 0.102. The molecule has 0 aliphatic carbocycles. The third kappa shape index (κ3) is 6.68. The molecule has 0 unspecified atom stereocenters. The number of ether oxygens (including phenoxy) is 2. The van der Waals surface area contributed by atoms with Gasteiger partial charge in [0, 0.05) is 5.69 Å². The standard InChI is InChI=1S/C29H28N2O5S/c1-21-9-8-10-22(2)28(21)31-37(33,34)25-17-15-23(16-18-25)30-29(32)26-13-6-7-14-27(26)36-20-19-35-24-11-4-3-5-12-24/h3-18,31H,19-20H2,1-2H3,(H,30,32). The summed E-state index contributed by atoms with van der Waals surface area (Å²) in [6.45, 7) is 4.29. The number of hydrogen-bond acceptors (Lipinski definition) is 5.